The summed E-state index contributed by atoms with van der Waals surface area (Å²) in [6, 6.07) is 13.2. The summed E-state index contributed by atoms with van der Waals surface area (Å²) < 4.78 is 0. The zero-order valence-corrected chi connectivity index (χ0v) is 17.4. The third-order valence-corrected chi connectivity index (χ3v) is 6.04. The van der Waals surface area contributed by atoms with Crippen molar-refractivity contribution in [3.05, 3.63) is 58.6 Å². The lowest BCUT2D eigenvalue weighted by Crippen LogP contribution is -2.44. The maximum atomic E-state index is 12.6. The van der Waals surface area contributed by atoms with Crippen LogP contribution in [0.3, 0.4) is 0 Å². The van der Waals surface area contributed by atoms with E-state index in [2.05, 4.69) is 10.6 Å². The molecule has 0 radical (unpaired) electrons. The van der Waals surface area contributed by atoms with Crippen molar-refractivity contribution in [2.75, 3.05) is 23.7 Å². The van der Waals surface area contributed by atoms with Gasteiger partial charge in [0.1, 0.15) is 0 Å². The number of benzene rings is 2. The maximum absolute atomic E-state index is 12.6. The molecule has 30 heavy (non-hydrogen) atoms. The second kappa shape index (κ2) is 8.88. The topological polar surface area (TPSA) is 78.5 Å². The summed E-state index contributed by atoms with van der Waals surface area (Å²) in [6.07, 6.45) is 3.76. The second-order valence-corrected chi connectivity index (χ2v) is 8.38. The maximum Gasteiger partial charge on any atom is 0.313 e. The highest BCUT2D eigenvalue weighted by Gasteiger charge is 2.27. The van der Waals surface area contributed by atoms with Crippen LogP contribution in [0.25, 0.3) is 0 Å². The van der Waals surface area contributed by atoms with E-state index < -0.39 is 11.8 Å². The highest BCUT2D eigenvalue weighted by Crippen LogP contribution is 2.26. The number of nitrogens with zero attached hydrogens (tertiary/aromatic N) is 1. The molecule has 2 heterocycles. The first-order valence-corrected chi connectivity index (χ1v) is 10.6. The normalized spacial score (nSPS) is 16.6. The van der Waals surface area contributed by atoms with Crippen LogP contribution >= 0.6 is 11.6 Å². The average molecular weight is 426 g/mol. The van der Waals surface area contributed by atoms with Gasteiger partial charge in [-0.25, -0.2) is 0 Å². The Morgan fingerprint density at radius 1 is 1.07 bits per heavy atom. The van der Waals surface area contributed by atoms with Crippen LogP contribution in [0.15, 0.2) is 42.5 Å². The van der Waals surface area contributed by atoms with E-state index in [4.69, 9.17) is 11.6 Å². The van der Waals surface area contributed by atoms with Crippen LogP contribution in [0.1, 0.15) is 30.4 Å². The average Bonchev–Trinajstić information content (AvgIpc) is 2.75. The van der Waals surface area contributed by atoms with Crippen LogP contribution in [0.2, 0.25) is 5.02 Å². The monoisotopic (exact) mass is 425 g/mol. The van der Waals surface area contributed by atoms with Crippen molar-refractivity contribution < 1.29 is 14.4 Å². The Kier molecular flexibility index (Phi) is 6.04. The van der Waals surface area contributed by atoms with Gasteiger partial charge >= 0.3 is 11.8 Å². The van der Waals surface area contributed by atoms with Crippen molar-refractivity contribution in [3.8, 4) is 0 Å². The third kappa shape index (κ3) is 4.82. The molecule has 2 N–H and O–H groups in total. The number of piperidine rings is 1. The van der Waals surface area contributed by atoms with Crippen molar-refractivity contribution in [3.63, 3.8) is 0 Å². The second-order valence-electron chi connectivity index (χ2n) is 7.94. The molecule has 2 aromatic rings. The summed E-state index contributed by atoms with van der Waals surface area (Å²) in [5.74, 6) is -0.625. The van der Waals surface area contributed by atoms with Crippen molar-refractivity contribution in [2.45, 2.75) is 32.1 Å². The summed E-state index contributed by atoms with van der Waals surface area (Å²) in [4.78, 5) is 38.1. The van der Waals surface area contributed by atoms with E-state index in [1.165, 1.54) is 5.56 Å². The number of likely N-dealkylation sites (tertiary alicyclic amines) is 1. The molecule has 2 aliphatic heterocycles. The number of amides is 3. The van der Waals surface area contributed by atoms with E-state index in [1.807, 2.05) is 30.3 Å². The van der Waals surface area contributed by atoms with Crippen LogP contribution < -0.4 is 10.6 Å². The Labute approximate surface area is 180 Å². The lowest BCUT2D eigenvalue weighted by Gasteiger charge is -2.31. The number of rotatable bonds is 3. The predicted molar refractivity (Wildman–Crippen MR) is 116 cm³/mol. The quantitative estimate of drug-likeness (QED) is 0.737. The van der Waals surface area contributed by atoms with Gasteiger partial charge in [0.2, 0.25) is 5.91 Å². The number of nitrogens with one attached hydrogen (secondary N) is 2. The third-order valence-electron chi connectivity index (χ3n) is 5.79. The molecule has 0 aromatic heterocycles. The first-order valence-electron chi connectivity index (χ1n) is 10.3. The Balaban J connectivity index is 1.29. The van der Waals surface area contributed by atoms with Crippen molar-refractivity contribution in [1.82, 2.24) is 4.90 Å². The minimum absolute atomic E-state index is 0.00562. The van der Waals surface area contributed by atoms with Crippen LogP contribution in [0.4, 0.5) is 11.4 Å². The van der Waals surface area contributed by atoms with Gasteiger partial charge in [-0.2, -0.15) is 0 Å². The van der Waals surface area contributed by atoms with Gasteiger partial charge in [-0.05, 0) is 73.1 Å². The largest absolute Gasteiger partial charge is 0.334 e. The molecule has 2 aliphatic rings. The fourth-order valence-corrected chi connectivity index (χ4v) is 4.21. The lowest BCUT2D eigenvalue weighted by atomic mass is 9.90. The van der Waals surface area contributed by atoms with Gasteiger partial charge in [0.15, 0.2) is 0 Å². The molecular formula is C23H24ClN3O3. The number of carbonyl (C=O) groups is 3. The highest BCUT2D eigenvalue weighted by atomic mass is 35.5. The fourth-order valence-electron chi connectivity index (χ4n) is 4.08. The first kappa shape index (κ1) is 20.4. The zero-order valence-electron chi connectivity index (χ0n) is 16.6. The molecule has 0 atom stereocenters. The van der Waals surface area contributed by atoms with Gasteiger partial charge in [0.05, 0.1) is 0 Å². The summed E-state index contributed by atoms with van der Waals surface area (Å²) >= 11 is 5.94. The standard InChI is InChI=1S/C23H24ClN3O3/c24-18-4-1-15(2-5-18)13-16-9-11-27(12-10-16)23(30)22(29)25-19-6-7-20-17(14-19)3-8-21(28)26-20/h1-2,4-7,14,16H,3,8-13H2,(H,25,29)(H,26,28). The van der Waals surface area contributed by atoms with Gasteiger partial charge < -0.3 is 15.5 Å². The molecule has 4 rings (SSSR count). The number of hydrogen-bond donors (Lipinski definition) is 2. The van der Waals surface area contributed by atoms with Crippen LogP contribution in [-0.4, -0.2) is 35.7 Å². The summed E-state index contributed by atoms with van der Waals surface area (Å²) in [6.45, 7) is 1.17. The van der Waals surface area contributed by atoms with E-state index in [1.54, 1.807) is 17.0 Å². The van der Waals surface area contributed by atoms with Crippen LogP contribution in [-0.2, 0) is 27.2 Å². The molecule has 156 valence electrons. The molecule has 3 amide bonds. The van der Waals surface area contributed by atoms with E-state index in [0.29, 0.717) is 37.5 Å². The Morgan fingerprint density at radius 3 is 2.53 bits per heavy atom. The molecule has 6 nitrogen and oxygen atoms in total. The van der Waals surface area contributed by atoms with Crippen LogP contribution in [0.5, 0.6) is 0 Å². The van der Waals surface area contributed by atoms with Gasteiger partial charge in [-0.15, -0.1) is 0 Å². The SMILES string of the molecule is O=C1CCc2cc(NC(=O)C(=O)N3CCC(Cc4ccc(Cl)cc4)CC3)ccc2N1. The van der Waals surface area contributed by atoms with Gasteiger partial charge in [-0.3, -0.25) is 14.4 Å². The summed E-state index contributed by atoms with van der Waals surface area (Å²) in [7, 11) is 0. The van der Waals surface area contributed by atoms with Crippen LogP contribution in [0, 0.1) is 5.92 Å². The number of fused-ring (bicyclic) bond motifs is 1. The van der Waals surface area contributed by atoms with E-state index in [9.17, 15) is 14.4 Å². The summed E-state index contributed by atoms with van der Waals surface area (Å²) in [5, 5.41) is 6.24. The van der Waals surface area contributed by atoms with E-state index in [-0.39, 0.29) is 5.91 Å². The number of aryl methyl sites for hydroxylation is 1. The Hall–Kier alpha value is -2.86. The number of anilines is 2. The molecule has 0 spiro atoms. The molecule has 2 aromatic carbocycles. The predicted octanol–water partition coefficient (Wildman–Crippen LogP) is 3.64. The minimum atomic E-state index is -0.619. The molecule has 0 unspecified atom stereocenters. The molecule has 0 bridgehead atoms. The number of hydrogen-bond acceptors (Lipinski definition) is 3. The molecule has 1 saturated heterocycles. The molecule has 1 fully saturated rings. The Morgan fingerprint density at radius 2 is 1.80 bits per heavy atom. The summed E-state index contributed by atoms with van der Waals surface area (Å²) in [5.41, 5.74) is 3.53. The van der Waals surface area contributed by atoms with Crippen molar-refractivity contribution in [1.29, 1.82) is 0 Å². The molecule has 7 heteroatoms. The highest BCUT2D eigenvalue weighted by molar-refractivity contribution is 6.39. The van der Waals surface area contributed by atoms with Gasteiger partial charge in [0, 0.05) is 35.9 Å². The molecular weight excluding hydrogens is 402 g/mol. The molecule has 0 saturated carbocycles. The first-order chi connectivity index (χ1) is 14.5. The minimum Gasteiger partial charge on any atom is -0.334 e. The zero-order chi connectivity index (χ0) is 21.1. The number of carbonyl (C=O) groups excluding carboxylic acids is 3. The number of halogens is 1. The van der Waals surface area contributed by atoms with E-state index >= 15 is 0 Å². The fraction of sp³-hybridized carbons (Fsp3) is 0.348. The van der Waals surface area contributed by atoms with Crippen molar-refractivity contribution in [2.24, 2.45) is 5.92 Å². The van der Waals surface area contributed by atoms with Crippen molar-refractivity contribution >= 4 is 40.7 Å². The Bertz CT molecular complexity index is 966. The smallest absolute Gasteiger partial charge is 0.313 e. The van der Waals surface area contributed by atoms with Gasteiger partial charge in [-0.1, -0.05) is 23.7 Å². The van der Waals surface area contributed by atoms with E-state index in [0.717, 1.165) is 35.5 Å². The molecule has 0 aliphatic carbocycles. The van der Waals surface area contributed by atoms with Gasteiger partial charge in [0.25, 0.3) is 0 Å². The lowest BCUT2D eigenvalue weighted by molar-refractivity contribution is -0.144.